The molecule has 0 saturated heterocycles. The molecule has 5 heteroatoms. The summed E-state index contributed by atoms with van der Waals surface area (Å²) in [7, 11) is 0. The molecular weight excluding hydrogens is 703 g/mol. The second-order valence-corrected chi connectivity index (χ2v) is 15.7. The van der Waals surface area contributed by atoms with Gasteiger partial charge in [0, 0.05) is 48.3 Å². The third-order valence-electron chi connectivity index (χ3n) is 11.4. The molecule has 0 radical (unpaired) electrons. The minimum Gasteiger partial charge on any atom is -0.485 e. The highest BCUT2D eigenvalue weighted by Gasteiger charge is 2.36. The number of allylic oxidation sites excluding steroid dienone is 2. The average molecular weight is 734 g/mol. The lowest BCUT2D eigenvalue weighted by atomic mass is 9.86. The van der Waals surface area contributed by atoms with Crippen molar-refractivity contribution in [3.63, 3.8) is 0 Å². The predicted molar refractivity (Wildman–Crippen MR) is 232 cm³/mol. The van der Waals surface area contributed by atoms with Gasteiger partial charge in [-0.15, -0.1) is 11.3 Å². The predicted octanol–water partition coefficient (Wildman–Crippen LogP) is 13.3. The Morgan fingerprint density at radius 3 is 1.98 bits per heavy atom. The Labute approximate surface area is 326 Å². The Bertz CT molecular complexity index is 3310. The lowest BCUT2D eigenvalue weighted by molar-refractivity contribution is 0.269. The van der Waals surface area contributed by atoms with Crippen molar-refractivity contribution >= 4 is 63.8 Å². The molecule has 2 aromatic heterocycles. The molecule has 0 saturated carbocycles. The Balaban J connectivity index is 1.08. The maximum absolute atomic E-state index is 6.74. The second kappa shape index (κ2) is 12.3. The van der Waals surface area contributed by atoms with E-state index in [0.29, 0.717) is 17.5 Å². The summed E-state index contributed by atoms with van der Waals surface area (Å²) in [5.41, 5.74) is 6.13. The van der Waals surface area contributed by atoms with Crippen LogP contribution in [0.3, 0.4) is 0 Å². The molecule has 262 valence electrons. The molecule has 1 aliphatic carbocycles. The molecule has 0 fully saturated rings. The maximum Gasteiger partial charge on any atom is 0.164 e. The van der Waals surface area contributed by atoms with Crippen molar-refractivity contribution in [2.45, 2.75) is 12.0 Å². The van der Waals surface area contributed by atoms with Crippen LogP contribution in [-0.4, -0.2) is 21.1 Å². The number of fused-ring (bicyclic) bond motifs is 11. The van der Waals surface area contributed by atoms with Crippen LogP contribution in [0.5, 0.6) is 5.75 Å². The SMILES string of the molecule is C1=CC2Oc3cc(-c4ccc5sc6c7ccccc7ccc6c5c4)cc(-c4nc(-c5ccccc5)nc(-c5ccc6ccc7ccccc7c6c5)n4)c3C2C=C1. The first-order valence-electron chi connectivity index (χ1n) is 19.0. The fourth-order valence-electron chi connectivity index (χ4n) is 8.69. The van der Waals surface area contributed by atoms with Gasteiger partial charge in [-0.05, 0) is 79.9 Å². The molecule has 2 aliphatic rings. The van der Waals surface area contributed by atoms with Gasteiger partial charge in [-0.3, -0.25) is 0 Å². The van der Waals surface area contributed by atoms with Crippen LogP contribution in [-0.2, 0) is 0 Å². The van der Waals surface area contributed by atoms with Crippen LogP contribution in [0.25, 0.3) is 97.8 Å². The molecule has 2 unspecified atom stereocenters. The standard InChI is InChI=1S/C51H31N3OS/c1-2-12-33(13-3-1)49-52-50(35-21-20-32-19-18-30-10-4-6-14-37(30)41(32)27-35)54-51(53-49)43-28-36(29-45-47(43)40-16-8-9-17-44(40)55-45)34-23-25-46-42(26-34)39-24-22-31-11-5-7-15-38(31)48(39)56-46/h1-29,40,44H. The molecule has 8 aromatic carbocycles. The second-order valence-electron chi connectivity index (χ2n) is 14.7. The normalized spacial score (nSPS) is 15.9. The molecule has 4 nitrogen and oxygen atoms in total. The Kier molecular flexibility index (Phi) is 6.89. The third kappa shape index (κ3) is 4.94. The van der Waals surface area contributed by atoms with Crippen molar-refractivity contribution < 1.29 is 4.74 Å². The van der Waals surface area contributed by atoms with Gasteiger partial charge in [0.2, 0.25) is 0 Å². The molecule has 12 rings (SSSR count). The molecule has 10 aromatic rings. The van der Waals surface area contributed by atoms with Crippen LogP contribution in [0, 0.1) is 0 Å². The largest absolute Gasteiger partial charge is 0.485 e. The zero-order chi connectivity index (χ0) is 36.7. The van der Waals surface area contributed by atoms with Gasteiger partial charge in [0.15, 0.2) is 17.5 Å². The third-order valence-corrected chi connectivity index (χ3v) is 12.7. The van der Waals surface area contributed by atoms with Gasteiger partial charge in [-0.25, -0.2) is 15.0 Å². The van der Waals surface area contributed by atoms with Gasteiger partial charge < -0.3 is 4.74 Å². The van der Waals surface area contributed by atoms with E-state index < -0.39 is 0 Å². The fourth-order valence-corrected chi connectivity index (χ4v) is 9.91. The molecule has 0 spiro atoms. The van der Waals surface area contributed by atoms with Crippen LogP contribution in [0.2, 0.25) is 0 Å². The molecule has 0 amide bonds. The van der Waals surface area contributed by atoms with Crippen LogP contribution in [0.4, 0.5) is 0 Å². The summed E-state index contributed by atoms with van der Waals surface area (Å²) in [4.78, 5) is 15.7. The summed E-state index contributed by atoms with van der Waals surface area (Å²) in [5.74, 6) is 2.81. The highest BCUT2D eigenvalue weighted by molar-refractivity contribution is 7.26. The number of hydrogen-bond donors (Lipinski definition) is 0. The van der Waals surface area contributed by atoms with E-state index in [1.54, 1.807) is 0 Å². The highest BCUT2D eigenvalue weighted by atomic mass is 32.1. The molecule has 56 heavy (non-hydrogen) atoms. The van der Waals surface area contributed by atoms with Crippen molar-refractivity contribution in [1.29, 1.82) is 0 Å². The number of ether oxygens (including phenoxy) is 1. The lowest BCUT2D eigenvalue weighted by Gasteiger charge is -2.17. The van der Waals surface area contributed by atoms with Crippen molar-refractivity contribution in [1.82, 2.24) is 15.0 Å². The summed E-state index contributed by atoms with van der Waals surface area (Å²) in [6, 6.07) is 54.1. The van der Waals surface area contributed by atoms with E-state index in [2.05, 4.69) is 158 Å². The summed E-state index contributed by atoms with van der Waals surface area (Å²) in [6.07, 6.45) is 8.48. The van der Waals surface area contributed by atoms with Crippen molar-refractivity contribution in [2.24, 2.45) is 0 Å². The van der Waals surface area contributed by atoms with E-state index in [4.69, 9.17) is 19.7 Å². The van der Waals surface area contributed by atoms with E-state index in [9.17, 15) is 0 Å². The van der Waals surface area contributed by atoms with Crippen LogP contribution in [0.1, 0.15) is 11.5 Å². The number of nitrogens with zero attached hydrogens (tertiary/aromatic N) is 3. The topological polar surface area (TPSA) is 47.9 Å². The minimum atomic E-state index is -0.0933. The molecule has 1 aliphatic heterocycles. The first kappa shape index (κ1) is 31.4. The summed E-state index contributed by atoms with van der Waals surface area (Å²) in [5, 5.41) is 9.86. The number of hydrogen-bond acceptors (Lipinski definition) is 5. The van der Waals surface area contributed by atoms with Crippen molar-refractivity contribution in [2.75, 3.05) is 0 Å². The Morgan fingerprint density at radius 2 is 1.11 bits per heavy atom. The maximum atomic E-state index is 6.74. The van der Waals surface area contributed by atoms with Gasteiger partial charge in [0.1, 0.15) is 11.9 Å². The van der Waals surface area contributed by atoms with Gasteiger partial charge in [-0.1, -0.05) is 140 Å². The number of benzene rings is 8. The van der Waals surface area contributed by atoms with Crippen LogP contribution < -0.4 is 4.74 Å². The Hall–Kier alpha value is -6.95. The molecule has 0 bridgehead atoms. The van der Waals surface area contributed by atoms with E-state index in [0.717, 1.165) is 39.1 Å². The lowest BCUT2D eigenvalue weighted by Crippen LogP contribution is -2.16. The smallest absolute Gasteiger partial charge is 0.164 e. The van der Waals surface area contributed by atoms with Crippen molar-refractivity contribution in [3.8, 4) is 51.0 Å². The number of thiophene rings is 1. The summed E-state index contributed by atoms with van der Waals surface area (Å²) < 4.78 is 9.34. The molecule has 0 N–H and O–H groups in total. The molecule has 2 atom stereocenters. The van der Waals surface area contributed by atoms with E-state index in [1.165, 1.54) is 52.5 Å². The average Bonchev–Trinajstić information content (AvgIpc) is 3.84. The van der Waals surface area contributed by atoms with E-state index >= 15 is 0 Å². The zero-order valence-corrected chi connectivity index (χ0v) is 30.9. The van der Waals surface area contributed by atoms with Crippen molar-refractivity contribution in [3.05, 3.63) is 182 Å². The van der Waals surface area contributed by atoms with Gasteiger partial charge in [-0.2, -0.15) is 0 Å². The monoisotopic (exact) mass is 733 g/mol. The van der Waals surface area contributed by atoms with Gasteiger partial charge in [0.25, 0.3) is 0 Å². The van der Waals surface area contributed by atoms with Gasteiger partial charge >= 0.3 is 0 Å². The Morgan fingerprint density at radius 1 is 0.446 bits per heavy atom. The van der Waals surface area contributed by atoms with Gasteiger partial charge in [0.05, 0.1) is 0 Å². The van der Waals surface area contributed by atoms with Crippen LogP contribution >= 0.6 is 11.3 Å². The number of rotatable bonds is 4. The quantitative estimate of drug-likeness (QED) is 0.169. The summed E-state index contributed by atoms with van der Waals surface area (Å²) in [6.45, 7) is 0. The van der Waals surface area contributed by atoms with Crippen LogP contribution in [0.15, 0.2) is 176 Å². The number of aromatic nitrogens is 3. The zero-order valence-electron chi connectivity index (χ0n) is 30.1. The molecular formula is C51H31N3OS. The minimum absolute atomic E-state index is 0.0445. The van der Waals surface area contributed by atoms with E-state index in [-0.39, 0.29) is 12.0 Å². The first-order valence-corrected chi connectivity index (χ1v) is 19.8. The van der Waals surface area contributed by atoms with E-state index in [1.807, 2.05) is 29.5 Å². The first-order chi connectivity index (χ1) is 27.7. The highest BCUT2D eigenvalue weighted by Crippen LogP contribution is 2.49. The summed E-state index contributed by atoms with van der Waals surface area (Å²) >= 11 is 1.86. The molecule has 3 heterocycles. The fraction of sp³-hybridized carbons (Fsp3) is 0.0392.